The Balaban J connectivity index is 2.09. The van der Waals surface area contributed by atoms with Crippen LogP contribution in [0, 0.1) is 5.92 Å². The van der Waals surface area contributed by atoms with Crippen molar-refractivity contribution >= 4 is 29.1 Å². The van der Waals surface area contributed by atoms with Crippen LogP contribution in [0.1, 0.15) is 29.6 Å². The minimum atomic E-state index is 0.251. The van der Waals surface area contributed by atoms with E-state index in [1.807, 2.05) is 30.0 Å². The first-order chi connectivity index (χ1) is 7.25. The predicted octanol–water partition coefficient (Wildman–Crippen LogP) is 3.80. The highest BCUT2D eigenvalue weighted by atomic mass is 35.5. The first-order valence-corrected chi connectivity index (χ1v) is 6.52. The molecular formula is C12H11ClOS. The van der Waals surface area contributed by atoms with Crippen LogP contribution in [-0.2, 0) is 0 Å². The van der Waals surface area contributed by atoms with Crippen molar-refractivity contribution in [2.24, 2.45) is 5.92 Å². The Bertz CT molecular complexity index is 430. The highest BCUT2D eigenvalue weighted by molar-refractivity contribution is 8.00. The summed E-state index contributed by atoms with van der Waals surface area (Å²) in [5, 5.41) is 1.19. The maximum Gasteiger partial charge on any atom is 0.168 e. The first-order valence-electron chi connectivity index (χ1n) is 5.26. The van der Waals surface area contributed by atoms with Crippen LogP contribution in [0.15, 0.2) is 23.1 Å². The number of benzene rings is 1. The Morgan fingerprint density at radius 3 is 3.07 bits per heavy atom. The van der Waals surface area contributed by atoms with Gasteiger partial charge in [0.25, 0.3) is 0 Å². The molecule has 2 atom stereocenters. The van der Waals surface area contributed by atoms with E-state index >= 15 is 0 Å². The van der Waals surface area contributed by atoms with Crippen LogP contribution < -0.4 is 0 Å². The Hall–Kier alpha value is -0.470. The van der Waals surface area contributed by atoms with Gasteiger partial charge >= 0.3 is 0 Å². The summed E-state index contributed by atoms with van der Waals surface area (Å²) in [6.45, 7) is 0. The van der Waals surface area contributed by atoms with E-state index in [0.29, 0.717) is 16.1 Å². The first kappa shape index (κ1) is 9.73. The highest BCUT2D eigenvalue weighted by Crippen LogP contribution is 2.46. The standard InChI is InChI=1S/C12H11ClOS/c13-7-4-5-11-9(6-7)12(14)8-2-1-3-10(8)15-11/h4-6,8,10H,1-3H2. The Labute approximate surface area is 98.2 Å². The number of Topliss-reactive ketones (excluding diaryl/α,β-unsaturated/α-hetero) is 1. The van der Waals surface area contributed by atoms with Crippen molar-refractivity contribution in [2.45, 2.75) is 29.4 Å². The number of thioether (sulfide) groups is 1. The molecule has 1 aromatic rings. The molecule has 0 aromatic heterocycles. The fourth-order valence-electron chi connectivity index (χ4n) is 2.53. The Kier molecular flexibility index (Phi) is 2.29. The molecule has 15 heavy (non-hydrogen) atoms. The number of hydrogen-bond donors (Lipinski definition) is 0. The molecule has 0 amide bonds. The Morgan fingerprint density at radius 2 is 2.20 bits per heavy atom. The van der Waals surface area contributed by atoms with Gasteiger partial charge in [-0.3, -0.25) is 4.79 Å². The lowest BCUT2D eigenvalue weighted by atomic mass is 9.95. The summed E-state index contributed by atoms with van der Waals surface area (Å²) in [6.07, 6.45) is 3.43. The molecule has 1 saturated carbocycles. The van der Waals surface area contributed by atoms with Crippen molar-refractivity contribution in [1.29, 1.82) is 0 Å². The molecule has 1 nitrogen and oxygen atoms in total. The van der Waals surface area contributed by atoms with Crippen molar-refractivity contribution < 1.29 is 4.79 Å². The third kappa shape index (κ3) is 1.51. The molecule has 0 bridgehead atoms. The summed E-state index contributed by atoms with van der Waals surface area (Å²) in [6, 6.07) is 5.67. The maximum atomic E-state index is 12.2. The van der Waals surface area contributed by atoms with Crippen LogP contribution in [0.2, 0.25) is 5.02 Å². The predicted molar refractivity (Wildman–Crippen MR) is 62.8 cm³/mol. The quantitative estimate of drug-likeness (QED) is 0.684. The molecule has 0 spiro atoms. The molecule has 1 aromatic carbocycles. The van der Waals surface area contributed by atoms with E-state index in [1.54, 1.807) is 0 Å². The number of hydrogen-bond acceptors (Lipinski definition) is 2. The van der Waals surface area contributed by atoms with E-state index in [4.69, 9.17) is 11.6 Å². The molecule has 2 unspecified atom stereocenters. The summed E-state index contributed by atoms with van der Waals surface area (Å²) in [7, 11) is 0. The molecule has 0 N–H and O–H groups in total. The van der Waals surface area contributed by atoms with Gasteiger partial charge in [0, 0.05) is 26.6 Å². The van der Waals surface area contributed by atoms with Crippen LogP contribution in [0.5, 0.6) is 0 Å². The summed E-state index contributed by atoms with van der Waals surface area (Å²) in [5.41, 5.74) is 0.843. The van der Waals surface area contributed by atoms with E-state index in [1.165, 1.54) is 12.8 Å². The van der Waals surface area contributed by atoms with Gasteiger partial charge in [0.15, 0.2) is 5.78 Å². The fraction of sp³-hybridized carbons (Fsp3) is 0.417. The van der Waals surface area contributed by atoms with Gasteiger partial charge in [0.05, 0.1) is 0 Å². The molecule has 1 aliphatic carbocycles. The van der Waals surface area contributed by atoms with Gasteiger partial charge in [0.2, 0.25) is 0 Å². The number of carbonyl (C=O) groups excluding carboxylic acids is 1. The average molecular weight is 239 g/mol. The van der Waals surface area contributed by atoms with Crippen LogP contribution in [0.3, 0.4) is 0 Å². The van der Waals surface area contributed by atoms with E-state index in [9.17, 15) is 4.79 Å². The molecule has 3 rings (SSSR count). The van der Waals surface area contributed by atoms with Crippen LogP contribution in [0.25, 0.3) is 0 Å². The zero-order valence-corrected chi connectivity index (χ0v) is 9.77. The van der Waals surface area contributed by atoms with Gasteiger partial charge in [-0.25, -0.2) is 0 Å². The topological polar surface area (TPSA) is 17.1 Å². The molecule has 0 saturated heterocycles. The molecule has 78 valence electrons. The van der Waals surface area contributed by atoms with Gasteiger partial charge in [-0.15, -0.1) is 11.8 Å². The lowest BCUT2D eigenvalue weighted by Crippen LogP contribution is -2.25. The SMILES string of the molecule is O=C1c2cc(Cl)ccc2SC2CCCC12. The molecular weight excluding hydrogens is 228 g/mol. The van der Waals surface area contributed by atoms with Gasteiger partial charge in [-0.1, -0.05) is 18.0 Å². The molecule has 2 aliphatic rings. The minimum absolute atomic E-state index is 0.251. The number of ketones is 1. The molecule has 1 aliphatic heterocycles. The number of fused-ring (bicyclic) bond motifs is 2. The largest absolute Gasteiger partial charge is 0.294 e. The van der Waals surface area contributed by atoms with Gasteiger partial charge in [0.1, 0.15) is 0 Å². The zero-order chi connectivity index (χ0) is 10.4. The van der Waals surface area contributed by atoms with E-state index in [-0.39, 0.29) is 5.92 Å². The minimum Gasteiger partial charge on any atom is -0.294 e. The number of carbonyl (C=O) groups is 1. The third-order valence-electron chi connectivity index (χ3n) is 3.27. The lowest BCUT2D eigenvalue weighted by Gasteiger charge is -2.25. The number of rotatable bonds is 0. The second-order valence-electron chi connectivity index (χ2n) is 4.20. The van der Waals surface area contributed by atoms with Crippen molar-refractivity contribution in [3.63, 3.8) is 0 Å². The molecule has 1 fully saturated rings. The van der Waals surface area contributed by atoms with Crippen LogP contribution >= 0.6 is 23.4 Å². The molecule has 0 radical (unpaired) electrons. The van der Waals surface area contributed by atoms with Gasteiger partial charge in [-0.2, -0.15) is 0 Å². The second kappa shape index (κ2) is 3.53. The van der Waals surface area contributed by atoms with E-state index < -0.39 is 0 Å². The van der Waals surface area contributed by atoms with Crippen molar-refractivity contribution in [3.8, 4) is 0 Å². The Morgan fingerprint density at radius 1 is 1.33 bits per heavy atom. The molecule has 3 heteroatoms. The van der Waals surface area contributed by atoms with Crippen molar-refractivity contribution in [1.82, 2.24) is 0 Å². The fourth-order valence-corrected chi connectivity index (χ4v) is 4.17. The molecule has 1 heterocycles. The summed E-state index contributed by atoms with van der Waals surface area (Å²) >= 11 is 7.78. The van der Waals surface area contributed by atoms with E-state index in [0.717, 1.165) is 16.9 Å². The van der Waals surface area contributed by atoms with Crippen LogP contribution in [0.4, 0.5) is 0 Å². The summed E-state index contributed by atoms with van der Waals surface area (Å²) in [5.74, 6) is 0.565. The van der Waals surface area contributed by atoms with Crippen molar-refractivity contribution in [3.05, 3.63) is 28.8 Å². The summed E-state index contributed by atoms with van der Waals surface area (Å²) < 4.78 is 0. The number of halogens is 1. The smallest absolute Gasteiger partial charge is 0.168 e. The second-order valence-corrected chi connectivity index (χ2v) is 5.92. The van der Waals surface area contributed by atoms with Crippen molar-refractivity contribution in [2.75, 3.05) is 0 Å². The van der Waals surface area contributed by atoms with Gasteiger partial charge in [-0.05, 0) is 31.0 Å². The average Bonchev–Trinajstić information content (AvgIpc) is 2.68. The van der Waals surface area contributed by atoms with E-state index in [2.05, 4.69) is 0 Å². The lowest BCUT2D eigenvalue weighted by molar-refractivity contribution is 0.0919. The van der Waals surface area contributed by atoms with Crippen LogP contribution in [-0.4, -0.2) is 11.0 Å². The highest BCUT2D eigenvalue weighted by Gasteiger charge is 2.39. The summed E-state index contributed by atoms with van der Waals surface area (Å²) in [4.78, 5) is 13.3. The van der Waals surface area contributed by atoms with Gasteiger partial charge < -0.3 is 0 Å². The third-order valence-corrected chi connectivity index (χ3v) is 4.99. The monoisotopic (exact) mass is 238 g/mol. The maximum absolute atomic E-state index is 12.2. The normalized spacial score (nSPS) is 28.7. The zero-order valence-electron chi connectivity index (χ0n) is 8.20.